The molecular formula is C17H18N4O. The number of rotatable bonds is 4. The van der Waals surface area contributed by atoms with Crippen molar-refractivity contribution in [2.45, 2.75) is 26.8 Å². The molecule has 0 aliphatic heterocycles. The molecule has 1 N–H and O–H groups in total. The minimum atomic E-state index is -0.176. The molecule has 0 saturated heterocycles. The van der Waals surface area contributed by atoms with E-state index in [1.54, 1.807) is 6.07 Å². The first-order valence-corrected chi connectivity index (χ1v) is 7.37. The monoisotopic (exact) mass is 294 g/mol. The maximum absolute atomic E-state index is 12.2. The lowest BCUT2D eigenvalue weighted by atomic mass is 10.2. The number of aryl methyl sites for hydroxylation is 2. The fourth-order valence-corrected chi connectivity index (χ4v) is 2.51. The van der Waals surface area contributed by atoms with Crippen LogP contribution in [-0.4, -0.2) is 20.7 Å². The van der Waals surface area contributed by atoms with Gasteiger partial charge >= 0.3 is 0 Å². The molecule has 22 heavy (non-hydrogen) atoms. The molecule has 0 bridgehead atoms. The molecule has 1 aromatic carbocycles. The number of hydrogen-bond acceptors (Lipinski definition) is 3. The summed E-state index contributed by atoms with van der Waals surface area (Å²) in [6.07, 6.45) is 4.64. The van der Waals surface area contributed by atoms with Crippen molar-refractivity contribution in [1.82, 2.24) is 14.8 Å². The van der Waals surface area contributed by atoms with Crippen molar-refractivity contribution in [2.24, 2.45) is 0 Å². The van der Waals surface area contributed by atoms with Crippen LogP contribution in [0.3, 0.4) is 0 Å². The Bertz CT molecular complexity index is 822. The van der Waals surface area contributed by atoms with Gasteiger partial charge < -0.3 is 9.88 Å². The van der Waals surface area contributed by atoms with Crippen LogP contribution in [0.2, 0.25) is 0 Å². The van der Waals surface area contributed by atoms with Crippen LogP contribution in [0.15, 0.2) is 42.7 Å². The highest BCUT2D eigenvalue weighted by Gasteiger charge is 2.08. The Hall–Kier alpha value is -2.69. The van der Waals surface area contributed by atoms with Gasteiger partial charge in [-0.15, -0.1) is 0 Å². The molecule has 2 heterocycles. The number of nitrogens with zero attached hydrogens (tertiary/aromatic N) is 3. The second-order valence-electron chi connectivity index (χ2n) is 5.32. The molecule has 5 nitrogen and oxygen atoms in total. The number of anilines is 1. The van der Waals surface area contributed by atoms with E-state index < -0.39 is 0 Å². The molecule has 3 aromatic rings. The van der Waals surface area contributed by atoms with Gasteiger partial charge in [0.2, 0.25) is 0 Å². The van der Waals surface area contributed by atoms with Gasteiger partial charge in [0.1, 0.15) is 0 Å². The Kier molecular flexibility index (Phi) is 3.87. The number of fused-ring (bicyclic) bond motifs is 1. The fraction of sp³-hybridized carbons (Fsp3) is 0.235. The summed E-state index contributed by atoms with van der Waals surface area (Å²) in [5.74, 6) is -0.176. The van der Waals surface area contributed by atoms with E-state index in [1.165, 1.54) is 11.7 Å². The third-order valence-corrected chi connectivity index (χ3v) is 3.53. The first kappa shape index (κ1) is 14.3. The van der Waals surface area contributed by atoms with Gasteiger partial charge in [0, 0.05) is 29.3 Å². The van der Waals surface area contributed by atoms with Crippen molar-refractivity contribution < 1.29 is 4.79 Å². The zero-order valence-electron chi connectivity index (χ0n) is 12.7. The van der Waals surface area contributed by atoms with Crippen molar-refractivity contribution >= 4 is 22.5 Å². The zero-order chi connectivity index (χ0) is 15.5. The molecule has 0 atom stereocenters. The third-order valence-electron chi connectivity index (χ3n) is 3.53. The Balaban J connectivity index is 1.83. The van der Waals surface area contributed by atoms with Gasteiger partial charge in [-0.05, 0) is 43.7 Å². The molecule has 0 fully saturated rings. The topological polar surface area (TPSA) is 59.8 Å². The number of carbonyl (C=O) groups excluding carboxylic acids is 1. The molecule has 0 spiro atoms. The normalized spacial score (nSPS) is 10.8. The minimum Gasteiger partial charge on any atom is -0.347 e. The van der Waals surface area contributed by atoms with E-state index >= 15 is 0 Å². The van der Waals surface area contributed by atoms with E-state index in [0.29, 0.717) is 5.56 Å². The maximum atomic E-state index is 12.2. The molecular weight excluding hydrogens is 276 g/mol. The van der Waals surface area contributed by atoms with E-state index in [4.69, 9.17) is 0 Å². The summed E-state index contributed by atoms with van der Waals surface area (Å²) in [5, 5.41) is 11.7. The van der Waals surface area contributed by atoms with Crippen molar-refractivity contribution in [2.75, 3.05) is 5.32 Å². The van der Waals surface area contributed by atoms with Gasteiger partial charge in [-0.1, -0.05) is 6.92 Å². The average Bonchev–Trinajstić information content (AvgIpc) is 2.90. The lowest BCUT2D eigenvalue weighted by molar-refractivity contribution is 0.102. The molecule has 1 amide bonds. The Labute approximate surface area is 129 Å². The Morgan fingerprint density at radius 2 is 2.14 bits per heavy atom. The van der Waals surface area contributed by atoms with E-state index in [-0.39, 0.29) is 5.91 Å². The molecule has 5 heteroatoms. The van der Waals surface area contributed by atoms with E-state index in [0.717, 1.165) is 29.7 Å². The molecule has 0 aliphatic carbocycles. The summed E-state index contributed by atoms with van der Waals surface area (Å²) in [7, 11) is 0. The molecule has 0 unspecified atom stereocenters. The standard InChI is InChI=1S/C17H18N4O/c1-3-7-21-8-6-13-10-15(4-5-16(13)21)19-17(22)14-9-12(2)20-18-11-14/h4-6,8-11H,3,7H2,1-2H3,(H,19,22). The number of nitrogens with one attached hydrogen (secondary N) is 1. The predicted molar refractivity (Wildman–Crippen MR) is 87.0 cm³/mol. The number of hydrogen-bond donors (Lipinski definition) is 1. The minimum absolute atomic E-state index is 0.176. The van der Waals surface area contributed by atoms with Gasteiger partial charge in [-0.3, -0.25) is 4.79 Å². The van der Waals surface area contributed by atoms with Crippen LogP contribution in [-0.2, 0) is 6.54 Å². The van der Waals surface area contributed by atoms with Gasteiger partial charge in [0.05, 0.1) is 17.5 Å². The van der Waals surface area contributed by atoms with Crippen molar-refractivity contribution in [1.29, 1.82) is 0 Å². The maximum Gasteiger partial charge on any atom is 0.257 e. The summed E-state index contributed by atoms with van der Waals surface area (Å²) < 4.78 is 2.22. The summed E-state index contributed by atoms with van der Waals surface area (Å²) >= 11 is 0. The van der Waals surface area contributed by atoms with Gasteiger partial charge in [-0.2, -0.15) is 10.2 Å². The summed E-state index contributed by atoms with van der Waals surface area (Å²) in [6.45, 7) is 4.97. The zero-order valence-corrected chi connectivity index (χ0v) is 12.7. The van der Waals surface area contributed by atoms with E-state index in [2.05, 4.69) is 39.3 Å². The molecule has 112 valence electrons. The lowest BCUT2D eigenvalue weighted by Crippen LogP contribution is -2.12. The van der Waals surface area contributed by atoms with Crippen molar-refractivity contribution in [3.63, 3.8) is 0 Å². The van der Waals surface area contributed by atoms with Crippen LogP contribution >= 0.6 is 0 Å². The first-order chi connectivity index (χ1) is 10.7. The molecule has 2 aromatic heterocycles. The summed E-state index contributed by atoms with van der Waals surface area (Å²) in [4.78, 5) is 12.2. The average molecular weight is 294 g/mol. The first-order valence-electron chi connectivity index (χ1n) is 7.37. The second-order valence-corrected chi connectivity index (χ2v) is 5.32. The summed E-state index contributed by atoms with van der Waals surface area (Å²) in [5.41, 5.74) is 3.19. The van der Waals surface area contributed by atoms with E-state index in [1.807, 2.05) is 25.1 Å². The smallest absolute Gasteiger partial charge is 0.257 e. The van der Waals surface area contributed by atoms with Gasteiger partial charge in [0.25, 0.3) is 5.91 Å². The van der Waals surface area contributed by atoms with Crippen molar-refractivity contribution in [3.05, 3.63) is 54.0 Å². The third kappa shape index (κ3) is 2.83. The fourth-order valence-electron chi connectivity index (χ4n) is 2.51. The van der Waals surface area contributed by atoms with Gasteiger partial charge in [-0.25, -0.2) is 0 Å². The Morgan fingerprint density at radius 1 is 1.27 bits per heavy atom. The summed E-state index contributed by atoms with van der Waals surface area (Å²) in [6, 6.07) is 9.74. The van der Waals surface area contributed by atoms with Crippen LogP contribution < -0.4 is 5.32 Å². The number of aromatic nitrogens is 3. The van der Waals surface area contributed by atoms with Gasteiger partial charge in [0.15, 0.2) is 0 Å². The highest BCUT2D eigenvalue weighted by molar-refractivity contribution is 6.05. The van der Waals surface area contributed by atoms with Crippen molar-refractivity contribution in [3.8, 4) is 0 Å². The molecule has 3 rings (SSSR count). The van der Waals surface area contributed by atoms with Crippen LogP contribution in [0.4, 0.5) is 5.69 Å². The molecule has 0 aliphatic rings. The highest BCUT2D eigenvalue weighted by Crippen LogP contribution is 2.21. The predicted octanol–water partition coefficient (Wildman–Crippen LogP) is 3.40. The van der Waals surface area contributed by atoms with Crippen LogP contribution in [0, 0.1) is 6.92 Å². The second kappa shape index (κ2) is 5.97. The molecule has 0 radical (unpaired) electrons. The van der Waals surface area contributed by atoms with Crippen LogP contribution in [0.1, 0.15) is 29.4 Å². The Morgan fingerprint density at radius 3 is 2.91 bits per heavy atom. The SMILES string of the molecule is CCCn1ccc2cc(NC(=O)c3cnnc(C)c3)ccc21. The number of benzene rings is 1. The molecule has 0 saturated carbocycles. The highest BCUT2D eigenvalue weighted by atomic mass is 16.1. The number of carbonyl (C=O) groups is 1. The number of amides is 1. The lowest BCUT2D eigenvalue weighted by Gasteiger charge is -2.07. The van der Waals surface area contributed by atoms with E-state index in [9.17, 15) is 4.79 Å². The largest absolute Gasteiger partial charge is 0.347 e. The quantitative estimate of drug-likeness (QED) is 0.802. The van der Waals surface area contributed by atoms with Crippen LogP contribution in [0.5, 0.6) is 0 Å². The van der Waals surface area contributed by atoms with Crippen LogP contribution in [0.25, 0.3) is 10.9 Å².